The van der Waals surface area contributed by atoms with Crippen molar-refractivity contribution in [1.29, 1.82) is 0 Å². The quantitative estimate of drug-likeness (QED) is 0.783. The third-order valence-corrected chi connectivity index (χ3v) is 5.33. The maximum atomic E-state index is 13.5. The zero-order valence-electron chi connectivity index (χ0n) is 16.5. The second kappa shape index (κ2) is 8.65. The molecule has 0 radical (unpaired) electrons. The Bertz CT molecular complexity index is 786. The van der Waals surface area contributed by atoms with Crippen molar-refractivity contribution < 1.29 is 9.18 Å². The number of benzene rings is 1. The summed E-state index contributed by atoms with van der Waals surface area (Å²) >= 11 is 0. The Morgan fingerprint density at radius 2 is 2.19 bits per heavy atom. The van der Waals surface area contributed by atoms with Crippen molar-refractivity contribution in [3.05, 3.63) is 53.4 Å². The third-order valence-electron chi connectivity index (χ3n) is 5.33. The van der Waals surface area contributed by atoms with Crippen LogP contribution in [-0.4, -0.2) is 59.0 Å². The smallest absolute Gasteiger partial charge is 0.227 e. The number of nitrogens with zero attached hydrogens (tertiary/aromatic N) is 4. The average molecular weight is 372 g/mol. The summed E-state index contributed by atoms with van der Waals surface area (Å²) in [5, 5.41) is 0. The summed E-state index contributed by atoms with van der Waals surface area (Å²) in [5.74, 6) is 1.10. The number of carbonyl (C=O) groups excluding carboxylic acids is 1. The number of piperidine rings is 1. The molecule has 1 aliphatic heterocycles. The molecule has 1 amide bonds. The fraction of sp³-hybridized carbons (Fsp3) is 0.524. The molecule has 1 aliphatic rings. The van der Waals surface area contributed by atoms with Crippen molar-refractivity contribution in [3.63, 3.8) is 0 Å². The van der Waals surface area contributed by atoms with Crippen LogP contribution in [0.1, 0.15) is 35.7 Å². The van der Waals surface area contributed by atoms with Gasteiger partial charge in [0, 0.05) is 44.5 Å². The number of hydrogen-bond acceptors (Lipinski definition) is 3. The van der Waals surface area contributed by atoms with Gasteiger partial charge in [-0.1, -0.05) is 6.07 Å². The standard InChI is InChI=1S/C21H29FN4O/c1-16-6-7-19(22)13-18(16)14-20(27)26-9-4-5-17(15-26)21-23-8-10-25(21)12-11-24(2)3/h6-8,10,13,17H,4-5,9,11-12,14-15H2,1-3H3. The molecule has 3 rings (SSSR count). The van der Waals surface area contributed by atoms with Crippen molar-refractivity contribution in [2.45, 2.75) is 38.6 Å². The molecule has 0 spiro atoms. The monoisotopic (exact) mass is 372 g/mol. The lowest BCUT2D eigenvalue weighted by Crippen LogP contribution is -2.40. The van der Waals surface area contributed by atoms with Crippen molar-refractivity contribution in [3.8, 4) is 0 Å². The highest BCUT2D eigenvalue weighted by Gasteiger charge is 2.27. The van der Waals surface area contributed by atoms with Gasteiger partial charge in [0.15, 0.2) is 0 Å². The molecule has 1 atom stereocenters. The SMILES string of the molecule is Cc1ccc(F)cc1CC(=O)N1CCCC(c2nccn2CCN(C)C)C1. The van der Waals surface area contributed by atoms with Gasteiger partial charge in [-0.25, -0.2) is 9.37 Å². The number of likely N-dealkylation sites (tertiary alicyclic amines) is 1. The minimum atomic E-state index is -0.289. The van der Waals surface area contributed by atoms with Crippen LogP contribution < -0.4 is 0 Å². The summed E-state index contributed by atoms with van der Waals surface area (Å²) in [7, 11) is 4.12. The van der Waals surface area contributed by atoms with E-state index in [1.807, 2.05) is 24.2 Å². The van der Waals surface area contributed by atoms with E-state index in [1.54, 1.807) is 6.07 Å². The molecule has 1 fully saturated rings. The maximum absolute atomic E-state index is 13.5. The highest BCUT2D eigenvalue weighted by atomic mass is 19.1. The van der Waals surface area contributed by atoms with Crippen molar-refractivity contribution in [2.75, 3.05) is 33.7 Å². The molecule has 146 valence electrons. The Balaban J connectivity index is 1.66. The maximum Gasteiger partial charge on any atom is 0.227 e. The van der Waals surface area contributed by atoms with Gasteiger partial charge in [0.1, 0.15) is 11.6 Å². The Hall–Kier alpha value is -2.21. The Morgan fingerprint density at radius 1 is 1.37 bits per heavy atom. The summed E-state index contributed by atoms with van der Waals surface area (Å²) in [6, 6.07) is 4.65. The first kappa shape index (κ1) is 19.5. The fourth-order valence-corrected chi connectivity index (χ4v) is 3.70. The van der Waals surface area contributed by atoms with Crippen molar-refractivity contribution in [1.82, 2.24) is 19.4 Å². The van der Waals surface area contributed by atoms with Crippen LogP contribution in [-0.2, 0) is 17.8 Å². The first-order chi connectivity index (χ1) is 12.9. The van der Waals surface area contributed by atoms with E-state index in [9.17, 15) is 9.18 Å². The number of halogens is 1. The largest absolute Gasteiger partial charge is 0.342 e. The topological polar surface area (TPSA) is 41.4 Å². The van der Waals surface area contributed by atoms with Crippen molar-refractivity contribution >= 4 is 5.91 Å². The van der Waals surface area contributed by atoms with Gasteiger partial charge in [-0.3, -0.25) is 4.79 Å². The molecule has 1 unspecified atom stereocenters. The molecule has 1 aromatic carbocycles. The molecular formula is C21H29FN4O. The van der Waals surface area contributed by atoms with Crippen LogP contribution in [0.4, 0.5) is 4.39 Å². The number of aromatic nitrogens is 2. The molecule has 6 heteroatoms. The van der Waals surface area contributed by atoms with Crippen molar-refractivity contribution in [2.24, 2.45) is 0 Å². The predicted octanol–water partition coefficient (Wildman–Crippen LogP) is 2.84. The van der Waals surface area contributed by atoms with Gasteiger partial charge in [-0.2, -0.15) is 0 Å². The predicted molar refractivity (Wildman–Crippen MR) is 104 cm³/mol. The summed E-state index contributed by atoms with van der Waals surface area (Å²) in [5.41, 5.74) is 1.73. The lowest BCUT2D eigenvalue weighted by Gasteiger charge is -2.33. The van der Waals surface area contributed by atoms with Crippen LogP contribution in [0.15, 0.2) is 30.6 Å². The van der Waals surface area contributed by atoms with Crippen LogP contribution >= 0.6 is 0 Å². The van der Waals surface area contributed by atoms with Gasteiger partial charge in [0.05, 0.1) is 6.42 Å². The minimum absolute atomic E-state index is 0.0693. The zero-order chi connectivity index (χ0) is 19.4. The van der Waals surface area contributed by atoms with Gasteiger partial charge in [-0.05, 0) is 57.1 Å². The second-order valence-electron chi connectivity index (χ2n) is 7.71. The third kappa shape index (κ3) is 4.95. The molecule has 2 aromatic rings. The number of hydrogen-bond donors (Lipinski definition) is 0. The summed E-state index contributed by atoms with van der Waals surface area (Å²) < 4.78 is 15.7. The van der Waals surface area contributed by atoms with Crippen LogP contribution in [0.2, 0.25) is 0 Å². The second-order valence-corrected chi connectivity index (χ2v) is 7.71. The number of carbonyl (C=O) groups is 1. The molecule has 27 heavy (non-hydrogen) atoms. The fourth-order valence-electron chi connectivity index (χ4n) is 3.70. The molecule has 1 aromatic heterocycles. The van der Waals surface area contributed by atoms with E-state index >= 15 is 0 Å². The Kier molecular flexibility index (Phi) is 6.26. The molecule has 5 nitrogen and oxygen atoms in total. The summed E-state index contributed by atoms with van der Waals surface area (Å²) in [4.78, 5) is 21.5. The zero-order valence-corrected chi connectivity index (χ0v) is 16.5. The van der Waals surface area contributed by atoms with E-state index in [0.29, 0.717) is 6.54 Å². The van der Waals surface area contributed by atoms with E-state index in [0.717, 1.165) is 49.4 Å². The average Bonchev–Trinajstić information content (AvgIpc) is 3.12. The lowest BCUT2D eigenvalue weighted by atomic mass is 9.96. The number of rotatable bonds is 6. The molecule has 1 saturated heterocycles. The van der Waals surface area contributed by atoms with E-state index in [1.165, 1.54) is 12.1 Å². The summed E-state index contributed by atoms with van der Waals surface area (Å²) in [6.45, 7) is 5.23. The Labute approximate surface area is 160 Å². The van der Waals surface area contributed by atoms with Gasteiger partial charge in [0.25, 0.3) is 0 Å². The number of aryl methyl sites for hydroxylation is 1. The van der Waals surface area contributed by atoms with Gasteiger partial charge >= 0.3 is 0 Å². The van der Waals surface area contributed by atoms with Gasteiger partial charge in [-0.15, -0.1) is 0 Å². The van der Waals surface area contributed by atoms with E-state index in [4.69, 9.17) is 0 Å². The first-order valence-electron chi connectivity index (χ1n) is 9.62. The van der Waals surface area contributed by atoms with Crippen LogP contribution in [0.25, 0.3) is 0 Å². The number of imidazole rings is 1. The van der Waals surface area contributed by atoms with Crippen LogP contribution in [0.5, 0.6) is 0 Å². The van der Waals surface area contributed by atoms with Crippen LogP contribution in [0.3, 0.4) is 0 Å². The minimum Gasteiger partial charge on any atom is -0.342 e. The molecular weight excluding hydrogens is 343 g/mol. The number of amides is 1. The number of likely N-dealkylation sites (N-methyl/N-ethyl adjacent to an activating group) is 1. The van der Waals surface area contributed by atoms with E-state index in [2.05, 4.69) is 28.5 Å². The van der Waals surface area contributed by atoms with E-state index < -0.39 is 0 Å². The van der Waals surface area contributed by atoms with E-state index in [-0.39, 0.29) is 24.1 Å². The Morgan fingerprint density at radius 3 is 2.96 bits per heavy atom. The van der Waals surface area contributed by atoms with Gasteiger partial charge in [0.2, 0.25) is 5.91 Å². The molecule has 0 bridgehead atoms. The molecule has 0 saturated carbocycles. The molecule has 0 N–H and O–H groups in total. The molecule has 2 heterocycles. The normalized spacial score (nSPS) is 17.5. The lowest BCUT2D eigenvalue weighted by molar-refractivity contribution is -0.131. The molecule has 0 aliphatic carbocycles. The van der Waals surface area contributed by atoms with Gasteiger partial charge < -0.3 is 14.4 Å². The first-order valence-corrected chi connectivity index (χ1v) is 9.62. The highest BCUT2D eigenvalue weighted by Crippen LogP contribution is 2.26. The highest BCUT2D eigenvalue weighted by molar-refractivity contribution is 5.79. The summed E-state index contributed by atoms with van der Waals surface area (Å²) in [6.07, 6.45) is 6.14. The van der Waals surface area contributed by atoms with Crippen LogP contribution in [0, 0.1) is 12.7 Å².